The van der Waals surface area contributed by atoms with Gasteiger partial charge in [-0.1, -0.05) is 0 Å². The number of nitrogens with one attached hydrogen (secondary N) is 1. The van der Waals surface area contributed by atoms with Crippen molar-refractivity contribution in [3.63, 3.8) is 0 Å². The second-order valence-corrected chi connectivity index (χ2v) is 1.94. The van der Waals surface area contributed by atoms with Gasteiger partial charge in [-0.3, -0.25) is 0 Å². The van der Waals surface area contributed by atoms with Crippen LogP contribution in [0.2, 0.25) is 0 Å². The Morgan fingerprint density at radius 3 is 3.10 bits per heavy atom. The summed E-state index contributed by atoms with van der Waals surface area (Å²) in [5.74, 6) is 0. The summed E-state index contributed by atoms with van der Waals surface area (Å²) in [5, 5.41) is 0. The van der Waals surface area contributed by atoms with Crippen molar-refractivity contribution in [1.29, 1.82) is 0 Å². The molecule has 0 aliphatic rings. The highest BCUT2D eigenvalue weighted by atomic mass is 16.1. The van der Waals surface area contributed by atoms with E-state index in [1.165, 1.54) is 6.20 Å². The molecule has 10 heavy (non-hydrogen) atoms. The first-order chi connectivity index (χ1) is 4.83. The van der Waals surface area contributed by atoms with Crippen molar-refractivity contribution in [1.82, 2.24) is 9.97 Å². The van der Waals surface area contributed by atoms with Gasteiger partial charge >= 0.3 is 5.69 Å². The number of aromatic nitrogens is 2. The lowest BCUT2D eigenvalue weighted by Gasteiger charge is -1.94. The molecule has 0 saturated heterocycles. The predicted molar refractivity (Wildman–Crippen MR) is 37.6 cm³/mol. The largest absolute Gasteiger partial charge is 0.345 e. The third kappa shape index (κ3) is 1.66. The molecule has 1 aromatic heterocycles. The maximum atomic E-state index is 10.6. The van der Waals surface area contributed by atoms with Crippen LogP contribution in [0, 0.1) is 0 Å². The van der Waals surface area contributed by atoms with Crippen molar-refractivity contribution in [3.05, 3.63) is 28.4 Å². The molecule has 0 bridgehead atoms. The molecule has 0 spiro atoms. The smallest absolute Gasteiger partial charge is 0.330 e. The normalized spacial score (nSPS) is 9.70. The van der Waals surface area contributed by atoms with E-state index in [1.807, 2.05) is 0 Å². The van der Waals surface area contributed by atoms with Gasteiger partial charge in [0.1, 0.15) is 0 Å². The molecule has 0 aromatic carbocycles. The van der Waals surface area contributed by atoms with E-state index in [0.717, 1.165) is 5.69 Å². The van der Waals surface area contributed by atoms with Crippen molar-refractivity contribution < 1.29 is 0 Å². The van der Waals surface area contributed by atoms with E-state index in [-0.39, 0.29) is 5.69 Å². The van der Waals surface area contributed by atoms with E-state index < -0.39 is 0 Å². The lowest BCUT2D eigenvalue weighted by molar-refractivity contribution is 0.890. The van der Waals surface area contributed by atoms with Crippen molar-refractivity contribution in [2.75, 3.05) is 6.54 Å². The topological polar surface area (TPSA) is 71.8 Å². The molecule has 0 saturated carbocycles. The summed E-state index contributed by atoms with van der Waals surface area (Å²) in [6.07, 6.45) is 2.17. The number of hydrogen-bond acceptors (Lipinski definition) is 3. The van der Waals surface area contributed by atoms with Gasteiger partial charge in [0.05, 0.1) is 0 Å². The fraction of sp³-hybridized carbons (Fsp3) is 0.333. The van der Waals surface area contributed by atoms with Crippen LogP contribution in [0.3, 0.4) is 0 Å². The molecule has 1 heterocycles. The third-order valence-corrected chi connectivity index (χ3v) is 1.15. The first-order valence-electron chi connectivity index (χ1n) is 3.07. The average Bonchev–Trinajstić information content (AvgIpc) is 1.88. The van der Waals surface area contributed by atoms with Crippen LogP contribution >= 0.6 is 0 Å². The van der Waals surface area contributed by atoms with Gasteiger partial charge in [0.2, 0.25) is 0 Å². The zero-order valence-corrected chi connectivity index (χ0v) is 5.50. The van der Waals surface area contributed by atoms with Gasteiger partial charge in [-0.05, 0) is 19.0 Å². The van der Waals surface area contributed by atoms with E-state index >= 15 is 0 Å². The monoisotopic (exact) mass is 139 g/mol. The fourth-order valence-electron chi connectivity index (χ4n) is 0.708. The van der Waals surface area contributed by atoms with Gasteiger partial charge in [-0.25, -0.2) is 9.78 Å². The molecule has 0 fully saturated rings. The minimum atomic E-state index is -0.314. The Morgan fingerprint density at radius 2 is 2.50 bits per heavy atom. The Balaban J connectivity index is 2.85. The second-order valence-electron chi connectivity index (χ2n) is 1.94. The molecule has 4 nitrogen and oxygen atoms in total. The Kier molecular flexibility index (Phi) is 2.17. The number of nitrogens with zero attached hydrogens (tertiary/aromatic N) is 1. The van der Waals surface area contributed by atoms with Gasteiger partial charge in [0, 0.05) is 11.9 Å². The number of H-pyrrole nitrogens is 1. The van der Waals surface area contributed by atoms with Crippen LogP contribution in [0.4, 0.5) is 0 Å². The molecule has 0 aliphatic heterocycles. The number of nitrogens with two attached hydrogens (primary N) is 1. The summed E-state index contributed by atoms with van der Waals surface area (Å²) < 4.78 is 0. The quantitative estimate of drug-likeness (QED) is 0.567. The highest BCUT2D eigenvalue weighted by Crippen LogP contribution is 1.86. The van der Waals surface area contributed by atoms with E-state index in [1.54, 1.807) is 6.07 Å². The maximum Gasteiger partial charge on any atom is 0.345 e. The van der Waals surface area contributed by atoms with E-state index in [9.17, 15) is 4.79 Å². The molecule has 0 aliphatic carbocycles. The summed E-state index contributed by atoms with van der Waals surface area (Å²) in [4.78, 5) is 16.6. The van der Waals surface area contributed by atoms with E-state index in [2.05, 4.69) is 9.97 Å². The lowest BCUT2D eigenvalue weighted by Crippen LogP contribution is -2.13. The molecule has 1 rings (SSSR count). The second kappa shape index (κ2) is 3.12. The zero-order chi connectivity index (χ0) is 7.40. The third-order valence-electron chi connectivity index (χ3n) is 1.15. The van der Waals surface area contributed by atoms with Crippen molar-refractivity contribution in [3.8, 4) is 0 Å². The Bertz CT molecular complexity index is 255. The summed E-state index contributed by atoms with van der Waals surface area (Å²) in [6, 6.07) is 1.74. The molecule has 0 atom stereocenters. The van der Waals surface area contributed by atoms with Gasteiger partial charge < -0.3 is 10.7 Å². The first-order valence-corrected chi connectivity index (χ1v) is 3.07. The Hall–Kier alpha value is -1.16. The van der Waals surface area contributed by atoms with Gasteiger partial charge in [-0.15, -0.1) is 0 Å². The van der Waals surface area contributed by atoms with Crippen LogP contribution in [0.15, 0.2) is 17.1 Å². The minimum Gasteiger partial charge on any atom is -0.330 e. The maximum absolute atomic E-state index is 10.6. The molecule has 0 radical (unpaired) electrons. The number of rotatable bonds is 2. The molecular weight excluding hydrogens is 130 g/mol. The van der Waals surface area contributed by atoms with E-state index in [4.69, 9.17) is 5.73 Å². The Morgan fingerprint density at radius 1 is 1.70 bits per heavy atom. The van der Waals surface area contributed by atoms with Gasteiger partial charge in [0.15, 0.2) is 0 Å². The molecular formula is C6H9N3O. The highest BCUT2D eigenvalue weighted by Gasteiger charge is 1.89. The lowest BCUT2D eigenvalue weighted by atomic mass is 10.3. The molecule has 3 N–H and O–H groups in total. The summed E-state index contributed by atoms with van der Waals surface area (Å²) in [6.45, 7) is 0.542. The number of aromatic amines is 1. The fourth-order valence-corrected chi connectivity index (χ4v) is 0.708. The zero-order valence-electron chi connectivity index (χ0n) is 5.50. The Labute approximate surface area is 58.1 Å². The summed E-state index contributed by atoms with van der Waals surface area (Å²) >= 11 is 0. The summed E-state index contributed by atoms with van der Waals surface area (Å²) in [5.41, 5.74) is 5.79. The average molecular weight is 139 g/mol. The number of hydrogen-bond donors (Lipinski definition) is 2. The van der Waals surface area contributed by atoms with Crippen LogP contribution in [0.25, 0.3) is 0 Å². The van der Waals surface area contributed by atoms with Crippen LogP contribution in [-0.4, -0.2) is 16.5 Å². The molecule has 4 heteroatoms. The first kappa shape index (κ1) is 6.95. The SMILES string of the molecule is NCCc1ccnc(=O)[nH]1. The minimum absolute atomic E-state index is 0.314. The van der Waals surface area contributed by atoms with Crippen molar-refractivity contribution in [2.45, 2.75) is 6.42 Å². The molecule has 0 amide bonds. The van der Waals surface area contributed by atoms with Gasteiger partial charge in [0.25, 0.3) is 0 Å². The van der Waals surface area contributed by atoms with Crippen molar-refractivity contribution in [2.24, 2.45) is 5.73 Å². The summed E-state index contributed by atoms with van der Waals surface area (Å²) in [7, 11) is 0. The molecule has 0 unspecified atom stereocenters. The van der Waals surface area contributed by atoms with Gasteiger partial charge in [-0.2, -0.15) is 0 Å². The van der Waals surface area contributed by atoms with Crippen LogP contribution in [0.5, 0.6) is 0 Å². The molecule has 1 aromatic rings. The van der Waals surface area contributed by atoms with Crippen LogP contribution in [-0.2, 0) is 6.42 Å². The molecule has 54 valence electrons. The highest BCUT2D eigenvalue weighted by molar-refractivity contribution is 4.97. The predicted octanol–water partition coefficient (Wildman–Crippen LogP) is -0.729. The van der Waals surface area contributed by atoms with E-state index in [0.29, 0.717) is 13.0 Å². The van der Waals surface area contributed by atoms with Crippen LogP contribution in [0.1, 0.15) is 5.69 Å². The van der Waals surface area contributed by atoms with Crippen LogP contribution < -0.4 is 11.4 Å². The standard InChI is InChI=1S/C6H9N3O/c7-3-1-5-2-4-8-6(10)9-5/h2,4H,1,3,7H2,(H,8,9,10). The van der Waals surface area contributed by atoms with Crippen molar-refractivity contribution >= 4 is 0 Å².